The summed E-state index contributed by atoms with van der Waals surface area (Å²) in [7, 11) is 0. The van der Waals surface area contributed by atoms with Crippen LogP contribution in [-0.2, 0) is 6.54 Å². The van der Waals surface area contributed by atoms with Gasteiger partial charge in [0.15, 0.2) is 0 Å². The molecule has 0 fully saturated rings. The van der Waals surface area contributed by atoms with Gasteiger partial charge in [0.25, 0.3) is 0 Å². The van der Waals surface area contributed by atoms with Gasteiger partial charge >= 0.3 is 6.01 Å². The molecule has 0 aromatic carbocycles. The number of hydrogen-bond donors (Lipinski definition) is 2. The largest absolute Gasteiger partial charge is 0.464 e. The van der Waals surface area contributed by atoms with Crippen molar-refractivity contribution < 1.29 is 4.74 Å². The highest BCUT2D eigenvalue weighted by Gasteiger charge is 2.07. The molecule has 112 valence electrons. The van der Waals surface area contributed by atoms with Crippen LogP contribution in [0.3, 0.4) is 0 Å². The van der Waals surface area contributed by atoms with Crippen LogP contribution >= 0.6 is 0 Å². The Balaban J connectivity index is 2.10. The summed E-state index contributed by atoms with van der Waals surface area (Å²) >= 11 is 0. The first-order chi connectivity index (χ1) is 10.2. The molecule has 0 amide bonds. The summed E-state index contributed by atoms with van der Waals surface area (Å²) in [5.41, 5.74) is 0.867. The molecule has 0 atom stereocenters. The first-order valence-corrected chi connectivity index (χ1v) is 6.86. The van der Waals surface area contributed by atoms with Crippen molar-refractivity contribution in [2.75, 3.05) is 23.8 Å². The Bertz CT molecular complexity index is 566. The third-order valence-corrected chi connectivity index (χ3v) is 2.48. The number of hydrogen-bond acceptors (Lipinski definition) is 8. The topological polar surface area (TPSA) is 97.7 Å². The predicted octanol–water partition coefficient (Wildman–Crippen LogP) is 1.41. The molecule has 0 saturated carbocycles. The molecular formula is C13H19N7O. The maximum atomic E-state index is 5.34. The SMILES string of the molecule is CCNc1nc(NCc2ccnc(C)n2)nc(OCC)n1. The first kappa shape index (κ1) is 14.9. The summed E-state index contributed by atoms with van der Waals surface area (Å²) in [6, 6.07) is 2.14. The summed E-state index contributed by atoms with van der Waals surface area (Å²) in [5.74, 6) is 1.66. The van der Waals surface area contributed by atoms with Crippen LogP contribution in [-0.4, -0.2) is 38.1 Å². The molecule has 0 unspecified atom stereocenters. The highest BCUT2D eigenvalue weighted by atomic mass is 16.5. The predicted molar refractivity (Wildman–Crippen MR) is 79.3 cm³/mol. The van der Waals surface area contributed by atoms with Gasteiger partial charge in [0.2, 0.25) is 11.9 Å². The summed E-state index contributed by atoms with van der Waals surface area (Å²) in [6.07, 6.45) is 1.72. The lowest BCUT2D eigenvalue weighted by Gasteiger charge is -2.09. The van der Waals surface area contributed by atoms with Gasteiger partial charge in [0, 0.05) is 12.7 Å². The van der Waals surface area contributed by atoms with Gasteiger partial charge < -0.3 is 15.4 Å². The van der Waals surface area contributed by atoms with Crippen LogP contribution in [0.25, 0.3) is 0 Å². The first-order valence-electron chi connectivity index (χ1n) is 6.86. The minimum atomic E-state index is 0.296. The van der Waals surface area contributed by atoms with Gasteiger partial charge in [-0.2, -0.15) is 15.0 Å². The van der Waals surface area contributed by atoms with E-state index in [4.69, 9.17) is 4.74 Å². The Labute approximate surface area is 123 Å². The molecule has 2 heterocycles. The van der Waals surface area contributed by atoms with Crippen LogP contribution in [0, 0.1) is 6.92 Å². The zero-order valence-electron chi connectivity index (χ0n) is 12.4. The van der Waals surface area contributed by atoms with Gasteiger partial charge in [0.05, 0.1) is 18.8 Å². The maximum Gasteiger partial charge on any atom is 0.323 e. The monoisotopic (exact) mass is 289 g/mol. The van der Waals surface area contributed by atoms with Crippen molar-refractivity contribution >= 4 is 11.9 Å². The van der Waals surface area contributed by atoms with E-state index in [1.165, 1.54) is 0 Å². The van der Waals surface area contributed by atoms with Gasteiger partial charge in [-0.15, -0.1) is 0 Å². The van der Waals surface area contributed by atoms with Crippen molar-refractivity contribution in [2.24, 2.45) is 0 Å². The number of aryl methyl sites for hydroxylation is 1. The van der Waals surface area contributed by atoms with E-state index in [1.54, 1.807) is 6.20 Å². The number of rotatable bonds is 7. The average molecular weight is 289 g/mol. The highest BCUT2D eigenvalue weighted by Crippen LogP contribution is 2.11. The van der Waals surface area contributed by atoms with Gasteiger partial charge in [-0.25, -0.2) is 9.97 Å². The van der Waals surface area contributed by atoms with Crippen molar-refractivity contribution in [1.29, 1.82) is 0 Å². The third-order valence-electron chi connectivity index (χ3n) is 2.48. The fourth-order valence-corrected chi connectivity index (χ4v) is 1.64. The van der Waals surface area contributed by atoms with E-state index >= 15 is 0 Å². The molecule has 0 spiro atoms. The number of nitrogens with one attached hydrogen (secondary N) is 2. The molecule has 0 aliphatic heterocycles. The molecule has 8 heteroatoms. The number of anilines is 2. The maximum absolute atomic E-state index is 5.34. The molecule has 0 radical (unpaired) electrons. The third kappa shape index (κ3) is 4.51. The Kier molecular flexibility index (Phi) is 5.19. The van der Waals surface area contributed by atoms with Crippen LogP contribution in [0.5, 0.6) is 6.01 Å². The van der Waals surface area contributed by atoms with Crippen LogP contribution in [0.2, 0.25) is 0 Å². The van der Waals surface area contributed by atoms with E-state index < -0.39 is 0 Å². The quantitative estimate of drug-likeness (QED) is 0.789. The summed E-state index contributed by atoms with van der Waals surface area (Å²) < 4.78 is 5.34. The van der Waals surface area contributed by atoms with Crippen LogP contribution in [0.15, 0.2) is 12.3 Å². The van der Waals surface area contributed by atoms with E-state index in [1.807, 2.05) is 26.8 Å². The minimum Gasteiger partial charge on any atom is -0.464 e. The molecule has 21 heavy (non-hydrogen) atoms. The van der Waals surface area contributed by atoms with Crippen LogP contribution in [0.1, 0.15) is 25.4 Å². The minimum absolute atomic E-state index is 0.296. The van der Waals surface area contributed by atoms with Crippen molar-refractivity contribution in [3.8, 4) is 6.01 Å². The van der Waals surface area contributed by atoms with Crippen molar-refractivity contribution in [3.05, 3.63) is 23.8 Å². The molecule has 8 nitrogen and oxygen atoms in total. The molecule has 2 rings (SSSR count). The number of aromatic nitrogens is 5. The van der Waals surface area contributed by atoms with Crippen molar-refractivity contribution in [2.45, 2.75) is 27.3 Å². The van der Waals surface area contributed by atoms with E-state index in [0.29, 0.717) is 31.1 Å². The zero-order chi connectivity index (χ0) is 15.1. The van der Waals surface area contributed by atoms with Gasteiger partial charge in [0.1, 0.15) is 5.82 Å². The fraction of sp³-hybridized carbons (Fsp3) is 0.462. The second-order valence-electron chi connectivity index (χ2n) is 4.18. The number of ether oxygens (including phenoxy) is 1. The standard InChI is InChI=1S/C13H19N7O/c1-4-14-11-18-12(20-13(19-11)21-5-2)16-8-10-6-7-15-9(3)17-10/h6-7H,4-5,8H2,1-3H3,(H2,14,16,18,19,20). The van der Waals surface area contributed by atoms with E-state index in [2.05, 4.69) is 35.6 Å². The molecule has 2 N–H and O–H groups in total. The fourth-order valence-electron chi connectivity index (χ4n) is 1.64. The summed E-state index contributed by atoms with van der Waals surface area (Å²) in [6.45, 7) is 7.43. The summed E-state index contributed by atoms with van der Waals surface area (Å²) in [4.78, 5) is 21.0. The van der Waals surface area contributed by atoms with Crippen LogP contribution in [0.4, 0.5) is 11.9 Å². The molecule has 0 bridgehead atoms. The number of nitrogens with zero attached hydrogens (tertiary/aromatic N) is 5. The molecule has 0 aliphatic rings. The molecule has 2 aromatic rings. The van der Waals surface area contributed by atoms with E-state index in [-0.39, 0.29) is 0 Å². The lowest BCUT2D eigenvalue weighted by atomic mass is 10.4. The lowest BCUT2D eigenvalue weighted by molar-refractivity contribution is 0.312. The summed E-state index contributed by atoms with van der Waals surface area (Å²) in [5, 5.41) is 6.16. The second kappa shape index (κ2) is 7.32. The lowest BCUT2D eigenvalue weighted by Crippen LogP contribution is -2.11. The average Bonchev–Trinajstić information content (AvgIpc) is 2.46. The van der Waals surface area contributed by atoms with Crippen molar-refractivity contribution in [1.82, 2.24) is 24.9 Å². The Morgan fingerprint density at radius 1 is 1.05 bits per heavy atom. The van der Waals surface area contributed by atoms with E-state index in [9.17, 15) is 0 Å². The molecule has 0 saturated heterocycles. The molecule has 2 aromatic heterocycles. The van der Waals surface area contributed by atoms with E-state index in [0.717, 1.165) is 18.1 Å². The van der Waals surface area contributed by atoms with Crippen molar-refractivity contribution in [3.63, 3.8) is 0 Å². The Morgan fingerprint density at radius 2 is 1.81 bits per heavy atom. The highest BCUT2D eigenvalue weighted by molar-refractivity contribution is 5.36. The zero-order valence-corrected chi connectivity index (χ0v) is 12.4. The molecule has 0 aliphatic carbocycles. The van der Waals surface area contributed by atoms with Gasteiger partial charge in [-0.3, -0.25) is 0 Å². The van der Waals surface area contributed by atoms with Gasteiger partial charge in [-0.05, 0) is 26.8 Å². The van der Waals surface area contributed by atoms with Crippen LogP contribution < -0.4 is 15.4 Å². The Hall–Kier alpha value is -2.51. The molecular weight excluding hydrogens is 270 g/mol. The second-order valence-corrected chi connectivity index (χ2v) is 4.18. The Morgan fingerprint density at radius 3 is 2.48 bits per heavy atom. The normalized spacial score (nSPS) is 10.2. The smallest absolute Gasteiger partial charge is 0.323 e. The van der Waals surface area contributed by atoms with Gasteiger partial charge in [-0.1, -0.05) is 0 Å².